The Morgan fingerprint density at radius 2 is 1.89 bits per heavy atom. The fourth-order valence-corrected chi connectivity index (χ4v) is 2.24. The summed E-state index contributed by atoms with van der Waals surface area (Å²) >= 11 is 0. The van der Waals surface area contributed by atoms with Crippen LogP contribution in [0.3, 0.4) is 0 Å². The largest absolute Gasteiger partial charge is 0.325 e. The molecular weight excluding hydrogens is 222 g/mol. The van der Waals surface area contributed by atoms with E-state index in [-0.39, 0.29) is 0 Å². The molecule has 0 aliphatic carbocycles. The summed E-state index contributed by atoms with van der Waals surface area (Å²) in [7, 11) is 1.93. The first kappa shape index (κ1) is 12.8. The van der Waals surface area contributed by atoms with Crippen molar-refractivity contribution in [2.75, 3.05) is 0 Å². The third-order valence-corrected chi connectivity index (χ3v) is 3.16. The molecule has 96 valence electrons. The maximum absolute atomic E-state index is 5.77. The zero-order chi connectivity index (χ0) is 13.1. The van der Waals surface area contributed by atoms with Gasteiger partial charge in [0.2, 0.25) is 0 Å². The molecule has 1 aromatic carbocycles. The van der Waals surface area contributed by atoms with Gasteiger partial charge in [-0.2, -0.15) is 5.10 Å². The van der Waals surface area contributed by atoms with E-state index in [0.29, 0.717) is 12.5 Å². The predicted molar refractivity (Wildman–Crippen MR) is 75.1 cm³/mol. The summed E-state index contributed by atoms with van der Waals surface area (Å²) in [6.07, 6.45) is 3.01. The van der Waals surface area contributed by atoms with E-state index < -0.39 is 0 Å². The second kappa shape index (κ2) is 5.36. The molecule has 0 spiro atoms. The van der Waals surface area contributed by atoms with Crippen molar-refractivity contribution in [1.82, 2.24) is 9.78 Å². The molecule has 0 saturated heterocycles. The number of nitrogens with two attached hydrogens (primary N) is 1. The van der Waals surface area contributed by atoms with Crippen molar-refractivity contribution < 1.29 is 0 Å². The average molecular weight is 243 g/mol. The van der Waals surface area contributed by atoms with Gasteiger partial charge in [-0.3, -0.25) is 4.68 Å². The molecule has 0 aliphatic rings. The van der Waals surface area contributed by atoms with Gasteiger partial charge in [0.25, 0.3) is 0 Å². The maximum atomic E-state index is 5.77. The Bertz CT molecular complexity index is 509. The Labute approximate surface area is 109 Å². The molecule has 0 unspecified atom stereocenters. The van der Waals surface area contributed by atoms with Crippen LogP contribution in [0, 0.1) is 5.92 Å². The topological polar surface area (TPSA) is 43.8 Å². The van der Waals surface area contributed by atoms with Crippen LogP contribution >= 0.6 is 0 Å². The SMILES string of the molecule is CC(C)Cc1ccc(-c2cnn(C)c2CN)cc1. The molecule has 1 aromatic heterocycles. The lowest BCUT2D eigenvalue weighted by molar-refractivity contribution is 0.647. The monoisotopic (exact) mass is 243 g/mol. The van der Waals surface area contributed by atoms with E-state index in [2.05, 4.69) is 43.2 Å². The molecule has 0 fully saturated rings. The van der Waals surface area contributed by atoms with Gasteiger partial charge in [0.05, 0.1) is 11.9 Å². The quantitative estimate of drug-likeness (QED) is 0.897. The lowest BCUT2D eigenvalue weighted by atomic mass is 9.99. The smallest absolute Gasteiger partial charge is 0.0594 e. The first-order valence-corrected chi connectivity index (χ1v) is 6.42. The summed E-state index contributed by atoms with van der Waals surface area (Å²) in [6, 6.07) is 8.72. The fraction of sp³-hybridized carbons (Fsp3) is 0.400. The molecule has 3 nitrogen and oxygen atoms in total. The molecule has 0 amide bonds. The van der Waals surface area contributed by atoms with Crippen LogP contribution in [0.2, 0.25) is 0 Å². The first-order valence-electron chi connectivity index (χ1n) is 6.42. The molecule has 2 N–H and O–H groups in total. The van der Waals surface area contributed by atoms with Crippen molar-refractivity contribution in [1.29, 1.82) is 0 Å². The molecular formula is C15H21N3. The van der Waals surface area contributed by atoms with E-state index in [4.69, 9.17) is 5.73 Å². The lowest BCUT2D eigenvalue weighted by Crippen LogP contribution is -2.05. The molecule has 1 heterocycles. The number of rotatable bonds is 4. The Hall–Kier alpha value is -1.61. The fourth-order valence-electron chi connectivity index (χ4n) is 2.24. The molecule has 2 aromatic rings. The van der Waals surface area contributed by atoms with Gasteiger partial charge in [0, 0.05) is 19.2 Å². The number of aryl methyl sites for hydroxylation is 1. The average Bonchev–Trinajstić information content (AvgIpc) is 2.70. The zero-order valence-electron chi connectivity index (χ0n) is 11.4. The predicted octanol–water partition coefficient (Wildman–Crippen LogP) is 2.74. The van der Waals surface area contributed by atoms with Crippen LogP contribution in [0.1, 0.15) is 25.1 Å². The highest BCUT2D eigenvalue weighted by atomic mass is 15.3. The van der Waals surface area contributed by atoms with E-state index in [1.807, 2.05) is 17.9 Å². The molecule has 0 aliphatic heterocycles. The minimum atomic E-state index is 0.513. The van der Waals surface area contributed by atoms with Gasteiger partial charge in [0.1, 0.15) is 0 Å². The molecule has 0 saturated carbocycles. The number of nitrogens with zero attached hydrogens (tertiary/aromatic N) is 2. The number of benzene rings is 1. The van der Waals surface area contributed by atoms with Crippen LogP contribution in [0.5, 0.6) is 0 Å². The van der Waals surface area contributed by atoms with Crippen LogP contribution in [-0.4, -0.2) is 9.78 Å². The third-order valence-electron chi connectivity index (χ3n) is 3.16. The van der Waals surface area contributed by atoms with Crippen LogP contribution in [-0.2, 0) is 20.0 Å². The standard InChI is InChI=1S/C15H21N3/c1-11(2)8-12-4-6-13(7-5-12)14-10-17-18(3)15(14)9-16/h4-7,10-11H,8-9,16H2,1-3H3. The highest BCUT2D eigenvalue weighted by Crippen LogP contribution is 2.23. The van der Waals surface area contributed by atoms with Gasteiger partial charge in [-0.1, -0.05) is 38.1 Å². The number of hydrogen-bond acceptors (Lipinski definition) is 2. The van der Waals surface area contributed by atoms with Crippen molar-refractivity contribution in [2.45, 2.75) is 26.8 Å². The van der Waals surface area contributed by atoms with Crippen LogP contribution in [0.15, 0.2) is 30.5 Å². The van der Waals surface area contributed by atoms with E-state index in [0.717, 1.165) is 17.7 Å². The summed E-state index contributed by atoms with van der Waals surface area (Å²) in [4.78, 5) is 0. The van der Waals surface area contributed by atoms with Crippen LogP contribution < -0.4 is 5.73 Å². The highest BCUT2D eigenvalue weighted by molar-refractivity contribution is 5.65. The van der Waals surface area contributed by atoms with E-state index >= 15 is 0 Å². The van der Waals surface area contributed by atoms with Crippen molar-refractivity contribution in [3.63, 3.8) is 0 Å². The van der Waals surface area contributed by atoms with Gasteiger partial charge >= 0.3 is 0 Å². The van der Waals surface area contributed by atoms with Crippen molar-refractivity contribution in [2.24, 2.45) is 18.7 Å². The summed E-state index contributed by atoms with van der Waals surface area (Å²) in [5.41, 5.74) is 10.6. The van der Waals surface area contributed by atoms with Gasteiger partial charge in [-0.25, -0.2) is 0 Å². The summed E-state index contributed by atoms with van der Waals surface area (Å²) in [5.74, 6) is 0.689. The third kappa shape index (κ3) is 2.62. The minimum Gasteiger partial charge on any atom is -0.325 e. The Morgan fingerprint density at radius 3 is 2.44 bits per heavy atom. The van der Waals surface area contributed by atoms with Gasteiger partial charge < -0.3 is 5.73 Å². The molecule has 0 atom stereocenters. The Morgan fingerprint density at radius 1 is 1.22 bits per heavy atom. The Kier molecular flexibility index (Phi) is 3.82. The van der Waals surface area contributed by atoms with Gasteiger partial charge in [0.15, 0.2) is 0 Å². The molecule has 0 radical (unpaired) electrons. The number of hydrogen-bond donors (Lipinski definition) is 1. The Balaban J connectivity index is 2.28. The second-order valence-electron chi connectivity index (χ2n) is 5.13. The van der Waals surface area contributed by atoms with Crippen molar-refractivity contribution in [3.8, 4) is 11.1 Å². The lowest BCUT2D eigenvalue weighted by Gasteiger charge is -2.07. The summed E-state index contributed by atoms with van der Waals surface area (Å²) < 4.78 is 1.84. The molecule has 18 heavy (non-hydrogen) atoms. The van der Waals surface area contributed by atoms with Crippen molar-refractivity contribution in [3.05, 3.63) is 41.7 Å². The summed E-state index contributed by atoms with van der Waals surface area (Å²) in [5, 5.41) is 4.27. The highest BCUT2D eigenvalue weighted by Gasteiger charge is 2.09. The second-order valence-corrected chi connectivity index (χ2v) is 5.13. The van der Waals surface area contributed by atoms with Gasteiger partial charge in [-0.15, -0.1) is 0 Å². The molecule has 3 heteroatoms. The van der Waals surface area contributed by atoms with Crippen LogP contribution in [0.4, 0.5) is 0 Å². The van der Waals surface area contributed by atoms with E-state index in [9.17, 15) is 0 Å². The maximum Gasteiger partial charge on any atom is 0.0594 e. The minimum absolute atomic E-state index is 0.513. The van der Waals surface area contributed by atoms with E-state index in [1.165, 1.54) is 11.1 Å². The van der Waals surface area contributed by atoms with Crippen LogP contribution in [0.25, 0.3) is 11.1 Å². The first-order chi connectivity index (χ1) is 8.61. The molecule has 2 rings (SSSR count). The van der Waals surface area contributed by atoms with Crippen molar-refractivity contribution >= 4 is 0 Å². The summed E-state index contributed by atoms with van der Waals surface area (Å²) in [6.45, 7) is 4.99. The number of aromatic nitrogens is 2. The zero-order valence-corrected chi connectivity index (χ0v) is 11.4. The van der Waals surface area contributed by atoms with E-state index in [1.54, 1.807) is 0 Å². The molecule has 0 bridgehead atoms. The normalized spacial score (nSPS) is 11.2. The van der Waals surface area contributed by atoms with Gasteiger partial charge in [-0.05, 0) is 23.5 Å².